The summed E-state index contributed by atoms with van der Waals surface area (Å²) in [5, 5.41) is 17.6. The van der Waals surface area contributed by atoms with Crippen molar-refractivity contribution < 1.29 is 8.81 Å². The molecule has 140 valence electrons. The molecular weight excluding hydrogens is 357 g/mol. The molecule has 1 saturated carbocycles. The molecule has 0 bridgehead atoms. The van der Waals surface area contributed by atoms with Gasteiger partial charge >= 0.3 is 0 Å². The number of pyridine rings is 1. The van der Waals surface area contributed by atoms with Crippen LogP contribution in [0.25, 0.3) is 11.5 Å². The molecule has 1 spiro atoms. The molecule has 1 saturated heterocycles. The summed E-state index contributed by atoms with van der Waals surface area (Å²) in [5.74, 6) is 1.70. The zero-order valence-electron chi connectivity index (χ0n) is 15.2. The van der Waals surface area contributed by atoms with Crippen molar-refractivity contribution in [1.82, 2.24) is 15.2 Å². The summed E-state index contributed by atoms with van der Waals surface area (Å²) in [6.45, 7) is 1.71. The van der Waals surface area contributed by atoms with Crippen LogP contribution in [0.3, 0.4) is 0 Å². The molecule has 1 atom stereocenters. The van der Waals surface area contributed by atoms with Gasteiger partial charge in [-0.3, -0.25) is 0 Å². The van der Waals surface area contributed by atoms with E-state index in [0.717, 1.165) is 38.2 Å². The van der Waals surface area contributed by atoms with E-state index in [-0.39, 0.29) is 17.2 Å². The van der Waals surface area contributed by atoms with Crippen LogP contribution in [0.4, 0.5) is 10.2 Å². The fraction of sp³-hybridized carbons (Fsp3) is 0.333. The Morgan fingerprint density at radius 1 is 1.18 bits per heavy atom. The van der Waals surface area contributed by atoms with E-state index in [4.69, 9.17) is 4.42 Å². The third-order valence-corrected chi connectivity index (χ3v) is 5.97. The summed E-state index contributed by atoms with van der Waals surface area (Å²) in [4.78, 5) is 6.58. The Morgan fingerprint density at radius 2 is 2.04 bits per heavy atom. The molecule has 1 unspecified atom stereocenters. The highest BCUT2D eigenvalue weighted by Gasteiger charge is 2.58. The third-order valence-electron chi connectivity index (χ3n) is 5.97. The zero-order valence-corrected chi connectivity index (χ0v) is 15.2. The molecule has 0 radical (unpaired) electrons. The predicted molar refractivity (Wildman–Crippen MR) is 99.9 cm³/mol. The van der Waals surface area contributed by atoms with E-state index >= 15 is 0 Å². The molecule has 2 fully saturated rings. The minimum absolute atomic E-state index is 0.184. The number of halogens is 1. The lowest BCUT2D eigenvalue weighted by atomic mass is 9.90. The molecule has 1 aromatic carbocycles. The van der Waals surface area contributed by atoms with Gasteiger partial charge in [0.1, 0.15) is 17.7 Å². The van der Waals surface area contributed by atoms with E-state index in [2.05, 4.69) is 26.2 Å². The molecule has 28 heavy (non-hydrogen) atoms. The van der Waals surface area contributed by atoms with Gasteiger partial charge in [-0.1, -0.05) is 6.07 Å². The first-order valence-corrected chi connectivity index (χ1v) is 9.38. The van der Waals surface area contributed by atoms with Gasteiger partial charge in [0.15, 0.2) is 0 Å². The second kappa shape index (κ2) is 6.41. The van der Waals surface area contributed by atoms with E-state index in [1.165, 1.54) is 12.1 Å². The van der Waals surface area contributed by atoms with E-state index in [9.17, 15) is 9.65 Å². The first-order valence-electron chi connectivity index (χ1n) is 9.38. The van der Waals surface area contributed by atoms with Gasteiger partial charge in [-0.15, -0.1) is 10.2 Å². The smallest absolute Gasteiger partial charge is 0.247 e. The van der Waals surface area contributed by atoms with Gasteiger partial charge < -0.3 is 9.32 Å². The molecule has 3 heterocycles. The average Bonchev–Trinajstić information content (AvgIpc) is 3.20. The van der Waals surface area contributed by atoms with Gasteiger partial charge in [-0.2, -0.15) is 5.26 Å². The molecule has 0 N–H and O–H groups in total. The quantitative estimate of drug-likeness (QED) is 0.690. The molecule has 7 heteroatoms. The standard InChI is InChI=1S/C21H18FN5O/c22-16-5-1-3-14(11-16)19-25-26-20(28-19)17-12-21(17)6-9-27(10-7-21)18-15(13-23)4-2-8-24-18/h1-5,8,11,17H,6-7,9-10,12H2. The molecule has 2 aliphatic rings. The van der Waals surface area contributed by atoms with Crippen LogP contribution in [-0.4, -0.2) is 28.3 Å². The summed E-state index contributed by atoms with van der Waals surface area (Å²) < 4.78 is 19.3. The molecule has 3 aromatic rings. The monoisotopic (exact) mass is 375 g/mol. The van der Waals surface area contributed by atoms with Crippen molar-refractivity contribution in [2.45, 2.75) is 25.2 Å². The van der Waals surface area contributed by atoms with Gasteiger partial charge in [0.2, 0.25) is 11.8 Å². The van der Waals surface area contributed by atoms with Gasteiger partial charge in [-0.25, -0.2) is 9.37 Å². The number of benzene rings is 1. The summed E-state index contributed by atoms with van der Waals surface area (Å²) >= 11 is 0. The predicted octanol–water partition coefficient (Wildman–Crippen LogP) is 3.92. The topological polar surface area (TPSA) is 78.8 Å². The fourth-order valence-electron chi connectivity index (χ4n) is 4.26. The molecule has 1 aliphatic heterocycles. The highest BCUT2D eigenvalue weighted by atomic mass is 19.1. The largest absolute Gasteiger partial charge is 0.420 e. The van der Waals surface area contributed by atoms with Crippen molar-refractivity contribution in [2.75, 3.05) is 18.0 Å². The number of hydrogen-bond donors (Lipinski definition) is 0. The average molecular weight is 375 g/mol. The van der Waals surface area contributed by atoms with Gasteiger partial charge in [-0.05, 0) is 55.0 Å². The fourth-order valence-corrected chi connectivity index (χ4v) is 4.26. The molecule has 2 aromatic heterocycles. The van der Waals surface area contributed by atoms with Crippen LogP contribution in [0.2, 0.25) is 0 Å². The van der Waals surface area contributed by atoms with Crippen molar-refractivity contribution in [1.29, 1.82) is 5.26 Å². The van der Waals surface area contributed by atoms with Crippen molar-refractivity contribution in [3.05, 3.63) is 59.9 Å². The highest BCUT2D eigenvalue weighted by Crippen LogP contribution is 2.64. The van der Waals surface area contributed by atoms with Crippen molar-refractivity contribution in [2.24, 2.45) is 5.41 Å². The summed E-state index contributed by atoms with van der Waals surface area (Å²) in [7, 11) is 0. The SMILES string of the molecule is N#Cc1cccnc1N1CCC2(CC1)CC2c1nnc(-c2cccc(F)c2)o1. The van der Waals surface area contributed by atoms with Crippen LogP contribution in [0.1, 0.15) is 36.6 Å². The van der Waals surface area contributed by atoms with E-state index in [1.807, 2.05) is 0 Å². The Hall–Kier alpha value is -3.27. The number of hydrogen-bond acceptors (Lipinski definition) is 6. The Morgan fingerprint density at radius 3 is 2.82 bits per heavy atom. The minimum Gasteiger partial charge on any atom is -0.420 e. The van der Waals surface area contributed by atoms with E-state index < -0.39 is 0 Å². The van der Waals surface area contributed by atoms with Crippen molar-refractivity contribution in [3.8, 4) is 17.5 Å². The van der Waals surface area contributed by atoms with Crippen molar-refractivity contribution >= 4 is 5.82 Å². The Bertz CT molecular complexity index is 1060. The number of aromatic nitrogens is 3. The second-order valence-electron chi connectivity index (χ2n) is 7.55. The number of rotatable bonds is 3. The van der Waals surface area contributed by atoms with Crippen LogP contribution in [0.15, 0.2) is 47.0 Å². The van der Waals surface area contributed by atoms with Crippen LogP contribution >= 0.6 is 0 Å². The Kier molecular flexibility index (Phi) is 3.86. The van der Waals surface area contributed by atoms with Crippen LogP contribution in [0.5, 0.6) is 0 Å². The first kappa shape index (κ1) is 16.9. The number of nitriles is 1. The van der Waals surface area contributed by atoms with E-state index in [0.29, 0.717) is 22.9 Å². The summed E-state index contributed by atoms with van der Waals surface area (Å²) in [5.41, 5.74) is 1.40. The maximum Gasteiger partial charge on any atom is 0.247 e. The first-order chi connectivity index (χ1) is 13.7. The summed E-state index contributed by atoms with van der Waals surface area (Å²) in [6.07, 6.45) is 4.75. The number of anilines is 1. The lowest BCUT2D eigenvalue weighted by Crippen LogP contribution is -2.36. The minimum atomic E-state index is -0.321. The van der Waals surface area contributed by atoms with Gasteiger partial charge in [0.05, 0.1) is 5.56 Å². The maximum atomic E-state index is 13.4. The Balaban J connectivity index is 1.29. The zero-order chi connectivity index (χ0) is 19.1. The third kappa shape index (κ3) is 2.82. The Labute approximate surface area is 161 Å². The highest BCUT2D eigenvalue weighted by molar-refractivity contribution is 5.54. The number of nitrogens with zero attached hydrogens (tertiary/aromatic N) is 5. The van der Waals surface area contributed by atoms with Gasteiger partial charge in [0.25, 0.3) is 0 Å². The second-order valence-corrected chi connectivity index (χ2v) is 7.55. The van der Waals surface area contributed by atoms with Crippen LogP contribution < -0.4 is 4.90 Å². The lowest BCUT2D eigenvalue weighted by molar-refractivity contribution is 0.352. The summed E-state index contributed by atoms with van der Waals surface area (Å²) in [6, 6.07) is 12.0. The molecule has 1 aliphatic carbocycles. The maximum absolute atomic E-state index is 13.4. The molecule has 5 rings (SSSR count). The molecule has 0 amide bonds. The lowest BCUT2D eigenvalue weighted by Gasteiger charge is -2.33. The van der Waals surface area contributed by atoms with Gasteiger partial charge in [0, 0.05) is 30.8 Å². The molecular formula is C21H18FN5O. The van der Waals surface area contributed by atoms with Crippen LogP contribution in [-0.2, 0) is 0 Å². The van der Waals surface area contributed by atoms with E-state index in [1.54, 1.807) is 30.5 Å². The number of piperidine rings is 1. The molecule has 6 nitrogen and oxygen atoms in total. The normalized spacial score (nSPS) is 20.1. The van der Waals surface area contributed by atoms with Crippen LogP contribution in [0, 0.1) is 22.6 Å². The van der Waals surface area contributed by atoms with Crippen molar-refractivity contribution in [3.63, 3.8) is 0 Å².